The molecule has 1 rings (SSSR count). The highest BCUT2D eigenvalue weighted by Gasteiger charge is 2.07. The number of halogens is 2. The first kappa shape index (κ1) is 14.0. The lowest BCUT2D eigenvalue weighted by molar-refractivity contribution is 0.235. The quantitative estimate of drug-likeness (QED) is 0.729. The van der Waals surface area contributed by atoms with Crippen molar-refractivity contribution in [2.45, 2.75) is 19.3 Å². The minimum atomic E-state index is 0. The molecule has 70 valence electrons. The Morgan fingerprint density at radius 2 is 1.55 bits per heavy atom. The van der Waals surface area contributed by atoms with Crippen molar-refractivity contribution in [2.24, 2.45) is 5.73 Å². The second-order valence-electron chi connectivity index (χ2n) is 2.69. The summed E-state index contributed by atoms with van der Waals surface area (Å²) in [5.41, 5.74) is 5.42. The molecule has 0 amide bonds. The maximum absolute atomic E-state index is 5.42. The lowest BCUT2D eigenvalue weighted by atomic mass is 10.1. The number of rotatable bonds is 2. The van der Waals surface area contributed by atoms with Crippen molar-refractivity contribution in [1.29, 1.82) is 0 Å². The number of hydrogen-bond acceptors (Lipinski definition) is 2. The maximum Gasteiger partial charge on any atom is 0.0105 e. The van der Waals surface area contributed by atoms with Crippen molar-refractivity contribution in [1.82, 2.24) is 4.90 Å². The van der Waals surface area contributed by atoms with Gasteiger partial charge in [0.15, 0.2) is 0 Å². The van der Waals surface area contributed by atoms with E-state index in [9.17, 15) is 0 Å². The molecule has 4 heteroatoms. The van der Waals surface area contributed by atoms with Gasteiger partial charge >= 0.3 is 0 Å². The minimum Gasteiger partial charge on any atom is -0.329 e. The lowest BCUT2D eigenvalue weighted by Gasteiger charge is -2.25. The lowest BCUT2D eigenvalue weighted by Crippen LogP contribution is -2.33. The summed E-state index contributed by atoms with van der Waals surface area (Å²) in [5.74, 6) is 0. The van der Waals surface area contributed by atoms with Gasteiger partial charge in [-0.2, -0.15) is 0 Å². The molecule has 0 atom stereocenters. The summed E-state index contributed by atoms with van der Waals surface area (Å²) in [6.07, 6.45) is 4.17. The topological polar surface area (TPSA) is 29.3 Å². The molecule has 1 heterocycles. The van der Waals surface area contributed by atoms with Gasteiger partial charge in [0.1, 0.15) is 0 Å². The highest BCUT2D eigenvalue weighted by Crippen LogP contribution is 2.06. The van der Waals surface area contributed by atoms with Gasteiger partial charge in [-0.1, -0.05) is 6.42 Å². The van der Waals surface area contributed by atoms with E-state index in [2.05, 4.69) is 4.90 Å². The molecule has 0 aromatic heterocycles. The Hall–Kier alpha value is 0.500. The van der Waals surface area contributed by atoms with Crippen molar-refractivity contribution < 1.29 is 0 Å². The second-order valence-corrected chi connectivity index (χ2v) is 2.69. The van der Waals surface area contributed by atoms with E-state index in [0.29, 0.717) is 0 Å². The number of piperidine rings is 1. The third-order valence-corrected chi connectivity index (χ3v) is 1.89. The van der Waals surface area contributed by atoms with Crippen LogP contribution in [0.25, 0.3) is 0 Å². The molecule has 2 nitrogen and oxygen atoms in total. The van der Waals surface area contributed by atoms with Gasteiger partial charge in [0.05, 0.1) is 0 Å². The van der Waals surface area contributed by atoms with E-state index in [1.165, 1.54) is 32.4 Å². The fourth-order valence-corrected chi connectivity index (χ4v) is 1.37. The summed E-state index contributed by atoms with van der Waals surface area (Å²) in [5, 5.41) is 0. The van der Waals surface area contributed by atoms with E-state index in [4.69, 9.17) is 5.73 Å². The Morgan fingerprint density at radius 3 is 2.00 bits per heavy atom. The zero-order valence-corrected chi connectivity index (χ0v) is 8.42. The molecule has 1 aliphatic heterocycles. The molecule has 1 fully saturated rings. The molecule has 0 aromatic rings. The standard InChI is InChI=1S/C7H16N2.2ClH/c8-4-7-9-5-2-1-3-6-9;;/h1-8H2;2*1H. The summed E-state index contributed by atoms with van der Waals surface area (Å²) in [4.78, 5) is 2.45. The Bertz CT molecular complexity index is 72.1. The van der Waals surface area contributed by atoms with Gasteiger partial charge in [0, 0.05) is 13.1 Å². The van der Waals surface area contributed by atoms with E-state index in [1.54, 1.807) is 0 Å². The van der Waals surface area contributed by atoms with Crippen LogP contribution in [-0.4, -0.2) is 31.1 Å². The van der Waals surface area contributed by atoms with Gasteiger partial charge in [0.25, 0.3) is 0 Å². The Kier molecular flexibility index (Phi) is 11.0. The van der Waals surface area contributed by atoms with Crippen LogP contribution in [0.4, 0.5) is 0 Å². The zero-order valence-electron chi connectivity index (χ0n) is 6.79. The SMILES string of the molecule is Cl.Cl.NCCN1CCCCC1. The first-order valence-corrected chi connectivity index (χ1v) is 3.86. The summed E-state index contributed by atoms with van der Waals surface area (Å²) >= 11 is 0. The predicted molar refractivity (Wildman–Crippen MR) is 53.8 cm³/mol. The summed E-state index contributed by atoms with van der Waals surface area (Å²) in [6, 6.07) is 0. The highest BCUT2D eigenvalue weighted by atomic mass is 35.5. The summed E-state index contributed by atoms with van der Waals surface area (Å²) < 4.78 is 0. The van der Waals surface area contributed by atoms with Gasteiger partial charge in [-0.3, -0.25) is 0 Å². The first-order chi connectivity index (χ1) is 4.43. The molecule has 0 saturated carbocycles. The van der Waals surface area contributed by atoms with Crippen LogP contribution >= 0.6 is 24.8 Å². The van der Waals surface area contributed by atoms with Gasteiger partial charge in [-0.25, -0.2) is 0 Å². The number of nitrogens with two attached hydrogens (primary N) is 1. The average Bonchev–Trinajstić information content (AvgIpc) is 1.91. The van der Waals surface area contributed by atoms with Crippen molar-refractivity contribution in [3.63, 3.8) is 0 Å². The molecule has 0 radical (unpaired) electrons. The van der Waals surface area contributed by atoms with Crippen molar-refractivity contribution in [2.75, 3.05) is 26.2 Å². The van der Waals surface area contributed by atoms with Crippen LogP contribution in [0.1, 0.15) is 19.3 Å². The van der Waals surface area contributed by atoms with Crippen LogP contribution in [0.5, 0.6) is 0 Å². The van der Waals surface area contributed by atoms with Crippen LogP contribution in [0.15, 0.2) is 0 Å². The molecule has 1 saturated heterocycles. The van der Waals surface area contributed by atoms with Crippen molar-refractivity contribution in [3.8, 4) is 0 Å². The average molecular weight is 201 g/mol. The van der Waals surface area contributed by atoms with Gasteiger partial charge in [0.2, 0.25) is 0 Å². The van der Waals surface area contributed by atoms with Crippen molar-refractivity contribution in [3.05, 3.63) is 0 Å². The van der Waals surface area contributed by atoms with Crippen LogP contribution in [0.2, 0.25) is 0 Å². The van der Waals surface area contributed by atoms with E-state index in [0.717, 1.165) is 13.1 Å². The molecule has 0 aliphatic carbocycles. The highest BCUT2D eigenvalue weighted by molar-refractivity contribution is 5.85. The van der Waals surface area contributed by atoms with Crippen LogP contribution in [0, 0.1) is 0 Å². The number of nitrogens with zero attached hydrogens (tertiary/aromatic N) is 1. The molecular formula is C7H18Cl2N2. The van der Waals surface area contributed by atoms with E-state index in [1.807, 2.05) is 0 Å². The predicted octanol–water partition coefficient (Wildman–Crippen LogP) is 1.27. The summed E-state index contributed by atoms with van der Waals surface area (Å²) in [7, 11) is 0. The van der Waals surface area contributed by atoms with E-state index >= 15 is 0 Å². The molecular weight excluding hydrogens is 183 g/mol. The monoisotopic (exact) mass is 200 g/mol. The zero-order chi connectivity index (χ0) is 6.53. The van der Waals surface area contributed by atoms with Crippen LogP contribution in [0.3, 0.4) is 0 Å². The van der Waals surface area contributed by atoms with Crippen LogP contribution < -0.4 is 5.73 Å². The Morgan fingerprint density at radius 1 is 1.00 bits per heavy atom. The molecule has 2 N–H and O–H groups in total. The largest absolute Gasteiger partial charge is 0.329 e. The van der Waals surface area contributed by atoms with Gasteiger partial charge < -0.3 is 10.6 Å². The summed E-state index contributed by atoms with van der Waals surface area (Å²) in [6.45, 7) is 4.47. The minimum absolute atomic E-state index is 0. The molecule has 0 aromatic carbocycles. The normalized spacial score (nSPS) is 18.3. The number of likely N-dealkylation sites (tertiary alicyclic amines) is 1. The number of hydrogen-bond donors (Lipinski definition) is 1. The fourth-order valence-electron chi connectivity index (χ4n) is 1.37. The molecule has 0 bridgehead atoms. The molecule has 0 spiro atoms. The molecule has 1 aliphatic rings. The van der Waals surface area contributed by atoms with Gasteiger partial charge in [-0.05, 0) is 25.9 Å². The van der Waals surface area contributed by atoms with E-state index in [-0.39, 0.29) is 24.8 Å². The maximum atomic E-state index is 5.42. The third-order valence-electron chi connectivity index (χ3n) is 1.89. The third kappa shape index (κ3) is 5.74. The van der Waals surface area contributed by atoms with Crippen molar-refractivity contribution >= 4 is 24.8 Å². The Balaban J connectivity index is 0. The van der Waals surface area contributed by atoms with Gasteiger partial charge in [-0.15, -0.1) is 24.8 Å². The van der Waals surface area contributed by atoms with E-state index < -0.39 is 0 Å². The fraction of sp³-hybridized carbons (Fsp3) is 1.00. The van der Waals surface area contributed by atoms with Crippen LogP contribution in [-0.2, 0) is 0 Å². The second kappa shape index (κ2) is 8.60. The molecule has 11 heavy (non-hydrogen) atoms. The molecule has 0 unspecified atom stereocenters. The smallest absolute Gasteiger partial charge is 0.0105 e. The first-order valence-electron chi connectivity index (χ1n) is 3.86. The Labute approximate surface area is 81.3 Å².